The molecule has 0 unspecified atom stereocenters. The maximum absolute atomic E-state index is 13.2. The summed E-state index contributed by atoms with van der Waals surface area (Å²) >= 11 is 13.4. The number of thiazole rings is 1. The molecule has 0 aliphatic carbocycles. The minimum absolute atomic E-state index is 0. The number of hydrogen-bond donors (Lipinski definition) is 1. The molecular formula is C23H25Cl2N5O3S2. The number of benzene rings is 2. The first kappa shape index (κ1) is 24.3. The molecule has 1 aromatic heterocycles. The van der Waals surface area contributed by atoms with Crippen LogP contribution in [0.1, 0.15) is 7.85 Å². The Balaban J connectivity index is 0.00000304. The number of halogens is 2. The maximum Gasteiger partial charge on any atom is 0.263 e. The number of amides is 1. The molecule has 1 amide bonds. The highest BCUT2D eigenvalue weighted by Gasteiger charge is 2.38. The number of rotatable bonds is 6. The molecule has 0 spiro atoms. The summed E-state index contributed by atoms with van der Waals surface area (Å²) in [6.45, 7) is 3.72. The zero-order valence-electron chi connectivity index (χ0n) is 18.6. The van der Waals surface area contributed by atoms with Crippen molar-refractivity contribution in [1.82, 2.24) is 9.88 Å². The molecule has 8 nitrogen and oxygen atoms in total. The second-order valence-electron chi connectivity index (χ2n) is 8.35. The van der Waals surface area contributed by atoms with Crippen molar-refractivity contribution in [3.63, 3.8) is 0 Å². The van der Waals surface area contributed by atoms with Gasteiger partial charge in [-0.15, -0.1) is 11.3 Å². The van der Waals surface area contributed by atoms with E-state index in [9.17, 15) is 13.2 Å². The highest BCUT2D eigenvalue weighted by molar-refractivity contribution is 7.93. The van der Waals surface area contributed by atoms with E-state index in [-0.39, 0.29) is 18.3 Å². The summed E-state index contributed by atoms with van der Waals surface area (Å²) in [7, 11) is -3.73. The first-order chi connectivity index (χ1) is 16.8. The predicted octanol–water partition coefficient (Wildman–Crippen LogP) is 4.42. The standard InChI is InChI=1S/C23H23Cl2N5O3S2.H2/c24-19-6-3-17(15-20(19)25)28-10-12-29(13-11-28)21-7-9-30(22(21)31)16-1-4-18(5-2-16)35(32,33)27-23-26-8-14-34-23;/h1-6,8,14-15,21H,7,9-13H2,(H,26,27);1H/t21-;/m0./s1. The van der Waals surface area contributed by atoms with Gasteiger partial charge in [-0.05, 0) is 48.9 Å². The van der Waals surface area contributed by atoms with Gasteiger partial charge in [0.15, 0.2) is 5.13 Å². The molecule has 0 radical (unpaired) electrons. The number of nitrogens with zero attached hydrogens (tertiary/aromatic N) is 4. The first-order valence-corrected chi connectivity index (χ1v) is 14.2. The number of hydrogen-bond acceptors (Lipinski definition) is 7. The molecule has 35 heavy (non-hydrogen) atoms. The van der Waals surface area contributed by atoms with Crippen LogP contribution in [0.5, 0.6) is 0 Å². The van der Waals surface area contributed by atoms with Crippen LogP contribution in [0.2, 0.25) is 10.0 Å². The minimum Gasteiger partial charge on any atom is -0.369 e. The fourth-order valence-electron chi connectivity index (χ4n) is 4.49. The van der Waals surface area contributed by atoms with E-state index < -0.39 is 10.0 Å². The second kappa shape index (κ2) is 9.94. The Kier molecular flexibility index (Phi) is 6.91. The Hall–Kier alpha value is -2.37. The molecule has 186 valence electrons. The third-order valence-corrected chi connectivity index (χ3v) is 9.22. The molecule has 0 saturated carbocycles. The third-order valence-electron chi connectivity index (χ3n) is 6.31. The van der Waals surface area contributed by atoms with Gasteiger partial charge in [-0.2, -0.15) is 0 Å². The molecule has 12 heteroatoms. The molecule has 2 aliphatic heterocycles. The van der Waals surface area contributed by atoms with E-state index in [0.717, 1.165) is 38.3 Å². The van der Waals surface area contributed by atoms with Crippen molar-refractivity contribution in [2.24, 2.45) is 0 Å². The number of anilines is 3. The van der Waals surface area contributed by atoms with Gasteiger partial charge in [0.25, 0.3) is 10.0 Å². The lowest BCUT2D eigenvalue weighted by Gasteiger charge is -2.38. The third kappa shape index (κ3) is 5.12. The van der Waals surface area contributed by atoms with E-state index in [2.05, 4.69) is 19.5 Å². The second-order valence-corrected chi connectivity index (χ2v) is 11.7. The Morgan fingerprint density at radius 1 is 0.971 bits per heavy atom. The average Bonchev–Trinajstić information content (AvgIpc) is 3.50. The van der Waals surface area contributed by atoms with Crippen LogP contribution in [0.15, 0.2) is 58.9 Å². The summed E-state index contributed by atoms with van der Waals surface area (Å²) in [4.78, 5) is 23.5. The van der Waals surface area contributed by atoms with Crippen LogP contribution in [-0.2, 0) is 14.8 Å². The van der Waals surface area contributed by atoms with E-state index >= 15 is 0 Å². The van der Waals surface area contributed by atoms with Crippen molar-refractivity contribution in [2.45, 2.75) is 17.4 Å². The van der Waals surface area contributed by atoms with Gasteiger partial charge >= 0.3 is 0 Å². The summed E-state index contributed by atoms with van der Waals surface area (Å²) in [5.41, 5.74) is 1.72. The predicted molar refractivity (Wildman–Crippen MR) is 142 cm³/mol. The van der Waals surface area contributed by atoms with E-state index in [0.29, 0.717) is 27.4 Å². The Bertz CT molecular complexity index is 1320. The summed E-state index contributed by atoms with van der Waals surface area (Å²) in [5.74, 6) is 0.0458. The molecule has 3 aromatic rings. The van der Waals surface area contributed by atoms with E-state index in [1.807, 2.05) is 12.1 Å². The first-order valence-electron chi connectivity index (χ1n) is 11.1. The smallest absolute Gasteiger partial charge is 0.263 e. The van der Waals surface area contributed by atoms with Crippen LogP contribution < -0.4 is 14.5 Å². The van der Waals surface area contributed by atoms with Gasteiger partial charge < -0.3 is 9.80 Å². The fraction of sp³-hybridized carbons (Fsp3) is 0.304. The van der Waals surface area contributed by atoms with Crippen LogP contribution in [0.3, 0.4) is 0 Å². The summed E-state index contributed by atoms with van der Waals surface area (Å²) < 4.78 is 27.6. The summed E-state index contributed by atoms with van der Waals surface area (Å²) in [6.07, 6.45) is 2.27. The highest BCUT2D eigenvalue weighted by Crippen LogP contribution is 2.30. The molecule has 5 rings (SSSR count). The number of nitrogens with one attached hydrogen (secondary N) is 1. The lowest BCUT2D eigenvalue weighted by molar-refractivity contribution is -0.121. The van der Waals surface area contributed by atoms with Crippen LogP contribution in [0.25, 0.3) is 0 Å². The van der Waals surface area contributed by atoms with Gasteiger partial charge in [-0.3, -0.25) is 14.4 Å². The van der Waals surface area contributed by atoms with Crippen LogP contribution in [0.4, 0.5) is 16.5 Å². The summed E-state index contributed by atoms with van der Waals surface area (Å²) in [6, 6.07) is 11.8. The van der Waals surface area contributed by atoms with Gasteiger partial charge in [0.05, 0.1) is 21.0 Å². The van der Waals surface area contributed by atoms with Gasteiger partial charge in [0.1, 0.15) is 0 Å². The van der Waals surface area contributed by atoms with E-state index in [4.69, 9.17) is 23.2 Å². The molecule has 2 fully saturated rings. The number of carbonyl (C=O) groups is 1. The minimum atomic E-state index is -3.73. The number of carbonyl (C=O) groups excluding carboxylic acids is 1. The molecular weight excluding hydrogens is 529 g/mol. The number of aromatic nitrogens is 1. The van der Waals surface area contributed by atoms with Gasteiger partial charge in [0.2, 0.25) is 5.91 Å². The Labute approximate surface area is 219 Å². The topological polar surface area (TPSA) is 85.9 Å². The van der Waals surface area contributed by atoms with Gasteiger partial charge in [-0.1, -0.05) is 23.2 Å². The summed E-state index contributed by atoms with van der Waals surface area (Å²) in [5, 5.41) is 3.08. The zero-order valence-corrected chi connectivity index (χ0v) is 21.7. The van der Waals surface area contributed by atoms with Crippen LogP contribution in [0, 0.1) is 0 Å². The SMILES string of the molecule is O=C1[C@@H](N2CCN(c3ccc(Cl)c(Cl)c3)CC2)CCN1c1ccc(S(=O)(=O)Nc2nccs2)cc1.[HH]. The number of piperazine rings is 1. The zero-order chi connectivity index (χ0) is 24.6. The monoisotopic (exact) mass is 553 g/mol. The highest BCUT2D eigenvalue weighted by atomic mass is 35.5. The molecule has 1 N–H and O–H groups in total. The molecule has 2 aromatic carbocycles. The van der Waals surface area contributed by atoms with Gasteiger partial charge in [-0.25, -0.2) is 13.4 Å². The van der Waals surface area contributed by atoms with E-state index in [1.54, 1.807) is 28.5 Å². The molecule has 2 aliphatic rings. The molecule has 3 heterocycles. The van der Waals surface area contributed by atoms with Crippen LogP contribution in [-0.4, -0.2) is 63.0 Å². The van der Waals surface area contributed by atoms with Crippen molar-refractivity contribution in [1.29, 1.82) is 0 Å². The maximum atomic E-state index is 13.2. The van der Waals surface area contributed by atoms with Crippen molar-refractivity contribution >= 4 is 67.0 Å². The quantitative estimate of drug-likeness (QED) is 0.486. The van der Waals surface area contributed by atoms with E-state index in [1.165, 1.54) is 29.7 Å². The number of sulfonamides is 1. The lowest BCUT2D eigenvalue weighted by atomic mass is 10.1. The molecule has 2 saturated heterocycles. The van der Waals surface area contributed by atoms with Crippen molar-refractivity contribution in [2.75, 3.05) is 47.2 Å². The Morgan fingerprint density at radius 3 is 2.34 bits per heavy atom. The van der Waals surface area contributed by atoms with Crippen molar-refractivity contribution in [3.8, 4) is 0 Å². The van der Waals surface area contributed by atoms with Crippen molar-refractivity contribution < 1.29 is 14.6 Å². The van der Waals surface area contributed by atoms with Gasteiger partial charge in [0, 0.05) is 57.1 Å². The molecule has 1 atom stereocenters. The molecule has 0 bridgehead atoms. The normalized spacial score (nSPS) is 19.4. The fourth-order valence-corrected chi connectivity index (χ4v) is 6.57. The average molecular weight is 555 g/mol. The largest absolute Gasteiger partial charge is 0.369 e. The lowest BCUT2D eigenvalue weighted by Crippen LogP contribution is -2.52. The van der Waals surface area contributed by atoms with Crippen LogP contribution >= 0.6 is 34.5 Å². The van der Waals surface area contributed by atoms with Crippen molar-refractivity contribution in [3.05, 3.63) is 64.1 Å². The Morgan fingerprint density at radius 2 is 1.69 bits per heavy atom.